The molecule has 0 bridgehead atoms. The Bertz CT molecular complexity index is 1090. The molecule has 1 N–H and O–H groups in total. The number of halogens is 1. The van der Waals surface area contributed by atoms with E-state index in [4.69, 9.17) is 11.6 Å². The Hall–Kier alpha value is -2.90. The summed E-state index contributed by atoms with van der Waals surface area (Å²) in [6.45, 7) is 8.19. The van der Waals surface area contributed by atoms with Crippen LogP contribution in [-0.2, 0) is 6.42 Å². The van der Waals surface area contributed by atoms with Crippen LogP contribution in [0.15, 0.2) is 42.5 Å². The molecule has 0 radical (unpaired) electrons. The molecule has 0 saturated carbocycles. The van der Waals surface area contributed by atoms with Crippen LogP contribution in [0.1, 0.15) is 28.7 Å². The average molecular weight is 439 g/mol. The number of aromatic nitrogens is 3. The Morgan fingerprint density at radius 2 is 1.90 bits per heavy atom. The lowest BCUT2D eigenvalue weighted by atomic mass is 10.1. The second-order valence-corrected chi connectivity index (χ2v) is 8.31. The number of benzene rings is 2. The van der Waals surface area contributed by atoms with Gasteiger partial charge in [0.1, 0.15) is 0 Å². The number of rotatable bonds is 5. The summed E-state index contributed by atoms with van der Waals surface area (Å²) in [4.78, 5) is 17.7. The van der Waals surface area contributed by atoms with Gasteiger partial charge < -0.3 is 15.1 Å². The number of carbonyl (C=O) groups excluding carboxylic acids is 1. The van der Waals surface area contributed by atoms with Gasteiger partial charge in [0.15, 0.2) is 5.69 Å². The van der Waals surface area contributed by atoms with Crippen LogP contribution in [0.3, 0.4) is 0 Å². The summed E-state index contributed by atoms with van der Waals surface area (Å²) >= 11 is 6.11. The van der Waals surface area contributed by atoms with Gasteiger partial charge in [0.2, 0.25) is 0 Å². The molecular formula is C23H27ClN6O. The van der Waals surface area contributed by atoms with Crippen molar-refractivity contribution >= 4 is 28.9 Å². The van der Waals surface area contributed by atoms with Crippen molar-refractivity contribution in [1.82, 2.24) is 19.9 Å². The zero-order valence-electron chi connectivity index (χ0n) is 18.1. The second-order valence-electron chi connectivity index (χ2n) is 7.88. The molecule has 4 rings (SSSR count). The third kappa shape index (κ3) is 4.57. The standard InChI is InChI=1S/C23H27ClN6O/c1-4-20-22(26-27-30(20)19-7-5-6-17(24)15-19)23(31)25-18-8-9-21(16(2)14-18)29-12-10-28(3)11-13-29/h5-9,14-15H,4,10-13H2,1-3H3,(H,25,31). The first-order chi connectivity index (χ1) is 15.0. The number of nitrogens with one attached hydrogen (secondary N) is 1. The number of carbonyl (C=O) groups is 1. The molecule has 1 saturated heterocycles. The molecule has 0 aliphatic carbocycles. The fraction of sp³-hybridized carbons (Fsp3) is 0.348. The molecule has 3 aromatic rings. The quantitative estimate of drug-likeness (QED) is 0.656. The van der Waals surface area contributed by atoms with E-state index >= 15 is 0 Å². The number of amides is 1. The Balaban J connectivity index is 1.53. The SMILES string of the molecule is CCc1c(C(=O)Nc2ccc(N3CCN(C)CC3)c(C)c2)nnn1-c1cccc(Cl)c1. The molecule has 2 heterocycles. The van der Waals surface area contributed by atoms with Gasteiger partial charge in [-0.05, 0) is 62.4 Å². The van der Waals surface area contributed by atoms with Crippen molar-refractivity contribution in [2.45, 2.75) is 20.3 Å². The van der Waals surface area contributed by atoms with E-state index in [0.29, 0.717) is 17.1 Å². The summed E-state index contributed by atoms with van der Waals surface area (Å²) in [7, 11) is 2.15. The minimum absolute atomic E-state index is 0.267. The van der Waals surface area contributed by atoms with E-state index in [2.05, 4.69) is 45.5 Å². The molecule has 0 spiro atoms. The number of anilines is 2. The van der Waals surface area contributed by atoms with Gasteiger partial charge in [0.05, 0.1) is 11.4 Å². The molecular weight excluding hydrogens is 412 g/mol. The number of nitrogens with zero attached hydrogens (tertiary/aromatic N) is 5. The summed E-state index contributed by atoms with van der Waals surface area (Å²) in [5.41, 5.74) is 4.95. The highest BCUT2D eigenvalue weighted by Crippen LogP contribution is 2.25. The largest absolute Gasteiger partial charge is 0.369 e. The number of piperazine rings is 1. The molecule has 1 amide bonds. The fourth-order valence-corrected chi connectivity index (χ4v) is 4.12. The van der Waals surface area contributed by atoms with Crippen LogP contribution in [0.25, 0.3) is 5.69 Å². The van der Waals surface area contributed by atoms with E-state index in [-0.39, 0.29) is 5.91 Å². The molecule has 31 heavy (non-hydrogen) atoms. The van der Waals surface area contributed by atoms with Crippen LogP contribution >= 0.6 is 11.6 Å². The first-order valence-corrected chi connectivity index (χ1v) is 10.9. The van der Waals surface area contributed by atoms with Crippen LogP contribution in [0, 0.1) is 6.92 Å². The third-order valence-corrected chi connectivity index (χ3v) is 5.90. The normalized spacial score (nSPS) is 14.6. The Kier molecular flexibility index (Phi) is 6.25. The molecule has 0 atom stereocenters. The summed E-state index contributed by atoms with van der Waals surface area (Å²) in [5.74, 6) is -0.267. The molecule has 1 fully saturated rings. The van der Waals surface area contributed by atoms with E-state index in [9.17, 15) is 4.79 Å². The Morgan fingerprint density at radius 1 is 1.13 bits per heavy atom. The zero-order valence-corrected chi connectivity index (χ0v) is 18.9. The summed E-state index contributed by atoms with van der Waals surface area (Å²) in [5, 5.41) is 11.9. The van der Waals surface area contributed by atoms with Crippen LogP contribution in [0.2, 0.25) is 5.02 Å². The molecule has 1 aliphatic heterocycles. The van der Waals surface area contributed by atoms with Crippen LogP contribution in [-0.4, -0.2) is 59.0 Å². The zero-order chi connectivity index (χ0) is 22.0. The smallest absolute Gasteiger partial charge is 0.278 e. The van der Waals surface area contributed by atoms with Gasteiger partial charge >= 0.3 is 0 Å². The molecule has 7 nitrogen and oxygen atoms in total. The van der Waals surface area contributed by atoms with Gasteiger partial charge in [-0.15, -0.1) is 5.10 Å². The van der Waals surface area contributed by atoms with Gasteiger partial charge in [-0.3, -0.25) is 4.79 Å². The second kappa shape index (κ2) is 9.08. The molecule has 1 aliphatic rings. The lowest BCUT2D eigenvalue weighted by Crippen LogP contribution is -2.44. The highest BCUT2D eigenvalue weighted by atomic mass is 35.5. The third-order valence-electron chi connectivity index (χ3n) is 5.66. The van der Waals surface area contributed by atoms with E-state index in [1.807, 2.05) is 31.2 Å². The van der Waals surface area contributed by atoms with Crippen molar-refractivity contribution < 1.29 is 4.79 Å². The molecule has 2 aromatic carbocycles. The van der Waals surface area contributed by atoms with Crippen molar-refractivity contribution in [1.29, 1.82) is 0 Å². The number of hydrogen-bond acceptors (Lipinski definition) is 5. The van der Waals surface area contributed by atoms with Crippen molar-refractivity contribution in [2.24, 2.45) is 0 Å². The first-order valence-electron chi connectivity index (χ1n) is 10.5. The maximum absolute atomic E-state index is 13.0. The number of aryl methyl sites for hydroxylation is 1. The van der Waals surface area contributed by atoms with Gasteiger partial charge in [0.25, 0.3) is 5.91 Å². The summed E-state index contributed by atoms with van der Waals surface area (Å²) in [6.07, 6.45) is 0.615. The fourth-order valence-electron chi connectivity index (χ4n) is 3.94. The molecule has 162 valence electrons. The number of likely N-dealkylation sites (N-methyl/N-ethyl adjacent to an activating group) is 1. The maximum Gasteiger partial charge on any atom is 0.278 e. The van der Waals surface area contributed by atoms with E-state index in [1.54, 1.807) is 16.8 Å². The van der Waals surface area contributed by atoms with Crippen LogP contribution < -0.4 is 10.2 Å². The van der Waals surface area contributed by atoms with Crippen LogP contribution in [0.4, 0.5) is 11.4 Å². The van der Waals surface area contributed by atoms with E-state index in [1.165, 1.54) is 5.69 Å². The van der Waals surface area contributed by atoms with Gasteiger partial charge in [-0.1, -0.05) is 29.8 Å². The minimum Gasteiger partial charge on any atom is -0.369 e. The van der Waals surface area contributed by atoms with Crippen molar-refractivity contribution in [3.63, 3.8) is 0 Å². The monoisotopic (exact) mass is 438 g/mol. The van der Waals surface area contributed by atoms with Crippen molar-refractivity contribution in [2.75, 3.05) is 43.4 Å². The Morgan fingerprint density at radius 3 is 2.58 bits per heavy atom. The van der Waals surface area contributed by atoms with Gasteiger partial charge in [-0.2, -0.15) is 0 Å². The lowest BCUT2D eigenvalue weighted by molar-refractivity contribution is 0.102. The molecule has 0 unspecified atom stereocenters. The van der Waals surface area contributed by atoms with Crippen molar-refractivity contribution in [3.8, 4) is 5.69 Å². The maximum atomic E-state index is 13.0. The minimum atomic E-state index is -0.267. The molecule has 1 aromatic heterocycles. The lowest BCUT2D eigenvalue weighted by Gasteiger charge is -2.35. The predicted molar refractivity (Wildman–Crippen MR) is 125 cm³/mol. The number of hydrogen-bond donors (Lipinski definition) is 1. The highest BCUT2D eigenvalue weighted by Gasteiger charge is 2.21. The first kappa shape index (κ1) is 21.3. The van der Waals surface area contributed by atoms with Crippen molar-refractivity contribution in [3.05, 3.63) is 64.4 Å². The highest BCUT2D eigenvalue weighted by molar-refractivity contribution is 6.30. The Labute approximate surface area is 187 Å². The van der Waals surface area contributed by atoms with E-state index in [0.717, 1.165) is 48.8 Å². The summed E-state index contributed by atoms with van der Waals surface area (Å²) in [6, 6.07) is 13.4. The predicted octanol–water partition coefficient (Wildman–Crippen LogP) is 3.80. The van der Waals surface area contributed by atoms with Gasteiger partial charge in [-0.25, -0.2) is 4.68 Å². The molecule has 8 heteroatoms. The van der Waals surface area contributed by atoms with E-state index < -0.39 is 0 Å². The average Bonchev–Trinajstić information content (AvgIpc) is 3.19. The van der Waals surface area contributed by atoms with Crippen LogP contribution in [0.5, 0.6) is 0 Å². The van der Waals surface area contributed by atoms with Gasteiger partial charge in [0, 0.05) is 42.6 Å². The summed E-state index contributed by atoms with van der Waals surface area (Å²) < 4.78 is 1.67. The topological polar surface area (TPSA) is 66.3 Å².